The van der Waals surface area contributed by atoms with E-state index >= 15 is 0 Å². The van der Waals surface area contributed by atoms with E-state index in [9.17, 15) is 14.0 Å². The van der Waals surface area contributed by atoms with Crippen molar-refractivity contribution in [3.63, 3.8) is 0 Å². The number of hydrogen-bond acceptors (Lipinski definition) is 2. The average molecular weight is 234 g/mol. The molecule has 0 saturated heterocycles. The topological polar surface area (TPSA) is 58.2 Å². The first-order valence-corrected chi connectivity index (χ1v) is 4.87. The van der Waals surface area contributed by atoms with Gasteiger partial charge in [0, 0.05) is 5.56 Å². The number of nitrogens with one attached hydrogen (secondary N) is 2. The Balaban J connectivity index is 2.42. The Morgan fingerprint density at radius 2 is 1.88 bits per heavy atom. The first-order valence-electron chi connectivity index (χ1n) is 4.87. The standard InChI is InChI=1S/C12H11FN2O2/c1-2-7-14-11(16)8-15-12(17)9-3-5-10(13)6-4-9/h1,3-6H,7-8H2,(H,14,16)(H,15,17). The van der Waals surface area contributed by atoms with Crippen molar-refractivity contribution >= 4 is 11.8 Å². The maximum atomic E-state index is 12.6. The summed E-state index contributed by atoms with van der Waals surface area (Å²) in [5.41, 5.74) is 0.288. The first-order chi connectivity index (χ1) is 8.13. The number of halogens is 1. The fraction of sp³-hybridized carbons (Fsp3) is 0.167. The summed E-state index contributed by atoms with van der Waals surface area (Å²) in [5.74, 6) is 0.995. The summed E-state index contributed by atoms with van der Waals surface area (Å²) >= 11 is 0. The van der Waals surface area contributed by atoms with Gasteiger partial charge in [-0.2, -0.15) is 0 Å². The van der Waals surface area contributed by atoms with Crippen LogP contribution in [-0.2, 0) is 4.79 Å². The zero-order valence-electron chi connectivity index (χ0n) is 9.00. The van der Waals surface area contributed by atoms with E-state index in [1.807, 2.05) is 0 Å². The molecule has 0 atom stereocenters. The van der Waals surface area contributed by atoms with E-state index in [4.69, 9.17) is 6.42 Å². The van der Waals surface area contributed by atoms with Crippen LogP contribution in [-0.4, -0.2) is 24.9 Å². The van der Waals surface area contributed by atoms with E-state index in [1.165, 1.54) is 24.3 Å². The van der Waals surface area contributed by atoms with Crippen molar-refractivity contribution in [3.8, 4) is 12.3 Å². The molecular formula is C12H11FN2O2. The van der Waals surface area contributed by atoms with Crippen LogP contribution in [0.1, 0.15) is 10.4 Å². The molecule has 1 aromatic rings. The minimum Gasteiger partial charge on any atom is -0.344 e. The number of carbonyl (C=O) groups is 2. The van der Waals surface area contributed by atoms with Crippen molar-refractivity contribution in [1.29, 1.82) is 0 Å². The summed E-state index contributed by atoms with van der Waals surface area (Å²) < 4.78 is 12.6. The van der Waals surface area contributed by atoms with E-state index in [1.54, 1.807) is 0 Å². The molecule has 2 N–H and O–H groups in total. The molecule has 0 aliphatic heterocycles. The van der Waals surface area contributed by atoms with Crippen LogP contribution in [0.2, 0.25) is 0 Å². The lowest BCUT2D eigenvalue weighted by molar-refractivity contribution is -0.119. The molecule has 0 saturated carbocycles. The molecule has 0 bridgehead atoms. The van der Waals surface area contributed by atoms with Gasteiger partial charge in [-0.05, 0) is 24.3 Å². The van der Waals surface area contributed by atoms with Crippen LogP contribution in [0.25, 0.3) is 0 Å². The molecule has 0 heterocycles. The monoisotopic (exact) mass is 234 g/mol. The van der Waals surface area contributed by atoms with Crippen molar-refractivity contribution < 1.29 is 14.0 Å². The fourth-order valence-corrected chi connectivity index (χ4v) is 1.08. The molecule has 0 aliphatic rings. The van der Waals surface area contributed by atoms with Gasteiger partial charge in [0.15, 0.2) is 0 Å². The minimum absolute atomic E-state index is 0.116. The minimum atomic E-state index is -0.444. The molecule has 88 valence electrons. The normalized spacial score (nSPS) is 9.18. The molecule has 1 rings (SSSR count). The lowest BCUT2D eigenvalue weighted by Crippen LogP contribution is -2.37. The second kappa shape index (κ2) is 6.28. The predicted octanol–water partition coefficient (Wildman–Crippen LogP) is 0.305. The zero-order valence-corrected chi connectivity index (χ0v) is 9.00. The summed E-state index contributed by atoms with van der Waals surface area (Å²) in [6.07, 6.45) is 4.95. The van der Waals surface area contributed by atoms with Crippen molar-refractivity contribution in [2.24, 2.45) is 0 Å². The SMILES string of the molecule is C#CCNC(=O)CNC(=O)c1ccc(F)cc1. The Morgan fingerprint density at radius 1 is 1.24 bits per heavy atom. The second-order valence-corrected chi connectivity index (χ2v) is 3.17. The van der Waals surface area contributed by atoms with Gasteiger partial charge in [0.25, 0.3) is 5.91 Å². The highest BCUT2D eigenvalue weighted by Gasteiger charge is 2.07. The van der Waals surface area contributed by atoms with E-state index in [0.717, 1.165) is 0 Å². The third-order valence-corrected chi connectivity index (χ3v) is 1.90. The number of amides is 2. The number of carbonyl (C=O) groups excluding carboxylic acids is 2. The average Bonchev–Trinajstić information content (AvgIpc) is 2.34. The summed E-state index contributed by atoms with van der Waals surface area (Å²) in [7, 11) is 0. The summed E-state index contributed by atoms with van der Waals surface area (Å²) in [4.78, 5) is 22.6. The quantitative estimate of drug-likeness (QED) is 0.736. The number of hydrogen-bond donors (Lipinski definition) is 2. The lowest BCUT2D eigenvalue weighted by Gasteiger charge is -2.04. The molecule has 17 heavy (non-hydrogen) atoms. The van der Waals surface area contributed by atoms with Crippen molar-refractivity contribution in [3.05, 3.63) is 35.6 Å². The lowest BCUT2D eigenvalue weighted by atomic mass is 10.2. The Hall–Kier alpha value is -2.35. The van der Waals surface area contributed by atoms with Crippen LogP contribution in [0, 0.1) is 18.2 Å². The molecule has 0 unspecified atom stereocenters. The van der Waals surface area contributed by atoms with Crippen LogP contribution in [0.5, 0.6) is 0 Å². The molecule has 1 aromatic carbocycles. The fourth-order valence-electron chi connectivity index (χ4n) is 1.08. The van der Waals surface area contributed by atoms with E-state index in [2.05, 4.69) is 16.6 Å². The predicted molar refractivity (Wildman–Crippen MR) is 60.6 cm³/mol. The highest BCUT2D eigenvalue weighted by atomic mass is 19.1. The highest BCUT2D eigenvalue weighted by molar-refractivity contribution is 5.96. The molecular weight excluding hydrogens is 223 g/mol. The molecule has 5 heteroatoms. The van der Waals surface area contributed by atoms with Gasteiger partial charge in [-0.15, -0.1) is 6.42 Å². The van der Waals surface area contributed by atoms with Crippen LogP contribution in [0.15, 0.2) is 24.3 Å². The van der Waals surface area contributed by atoms with Gasteiger partial charge in [0.2, 0.25) is 5.91 Å². The van der Waals surface area contributed by atoms with Crippen LogP contribution in [0.3, 0.4) is 0 Å². The summed E-state index contributed by atoms with van der Waals surface area (Å²) in [6.45, 7) is -0.0524. The number of benzene rings is 1. The maximum Gasteiger partial charge on any atom is 0.251 e. The van der Waals surface area contributed by atoms with Crippen molar-refractivity contribution in [1.82, 2.24) is 10.6 Å². The van der Waals surface area contributed by atoms with E-state index < -0.39 is 11.7 Å². The Labute approximate surface area is 98.2 Å². The van der Waals surface area contributed by atoms with Crippen LogP contribution >= 0.6 is 0 Å². The number of rotatable bonds is 4. The Kier molecular flexibility index (Phi) is 4.70. The first kappa shape index (κ1) is 12.7. The molecule has 4 nitrogen and oxygen atoms in total. The van der Waals surface area contributed by atoms with Crippen molar-refractivity contribution in [2.45, 2.75) is 0 Å². The van der Waals surface area contributed by atoms with E-state index in [0.29, 0.717) is 0 Å². The molecule has 2 amide bonds. The third-order valence-electron chi connectivity index (χ3n) is 1.90. The van der Waals surface area contributed by atoms with Crippen LogP contribution < -0.4 is 10.6 Å². The largest absolute Gasteiger partial charge is 0.344 e. The molecule has 0 spiro atoms. The maximum absolute atomic E-state index is 12.6. The number of terminal acetylenes is 1. The highest BCUT2D eigenvalue weighted by Crippen LogP contribution is 2.01. The molecule has 0 aromatic heterocycles. The smallest absolute Gasteiger partial charge is 0.251 e. The van der Waals surface area contributed by atoms with Gasteiger partial charge < -0.3 is 10.6 Å². The van der Waals surface area contributed by atoms with Gasteiger partial charge in [-0.25, -0.2) is 4.39 Å². The summed E-state index contributed by atoms with van der Waals surface area (Å²) in [6, 6.07) is 5.02. The van der Waals surface area contributed by atoms with Gasteiger partial charge in [-0.3, -0.25) is 9.59 Å². The van der Waals surface area contributed by atoms with Gasteiger partial charge in [0.05, 0.1) is 13.1 Å². The second-order valence-electron chi connectivity index (χ2n) is 3.17. The Bertz CT molecular complexity index is 449. The molecule has 0 fully saturated rings. The molecule has 0 radical (unpaired) electrons. The van der Waals surface area contributed by atoms with Gasteiger partial charge in [0.1, 0.15) is 5.82 Å². The zero-order chi connectivity index (χ0) is 12.7. The van der Waals surface area contributed by atoms with Gasteiger partial charge >= 0.3 is 0 Å². The Morgan fingerprint density at radius 3 is 2.47 bits per heavy atom. The van der Waals surface area contributed by atoms with E-state index in [-0.39, 0.29) is 24.6 Å². The molecule has 0 aliphatic carbocycles. The van der Waals surface area contributed by atoms with Crippen LogP contribution in [0.4, 0.5) is 4.39 Å². The third kappa shape index (κ3) is 4.34. The van der Waals surface area contributed by atoms with Crippen molar-refractivity contribution in [2.75, 3.05) is 13.1 Å². The summed E-state index contributed by atoms with van der Waals surface area (Å²) in [5, 5.41) is 4.78. The van der Waals surface area contributed by atoms with Gasteiger partial charge in [-0.1, -0.05) is 5.92 Å².